The van der Waals surface area contributed by atoms with Gasteiger partial charge in [0.15, 0.2) is 0 Å². The minimum atomic E-state index is 0.0346. The van der Waals surface area contributed by atoms with Crippen molar-refractivity contribution in [2.45, 2.75) is 52.3 Å². The fourth-order valence-corrected chi connectivity index (χ4v) is 0.848. The minimum absolute atomic E-state index is 0.0346. The summed E-state index contributed by atoms with van der Waals surface area (Å²) in [6, 6.07) is 0. The quantitative estimate of drug-likeness (QED) is 0.565. The zero-order chi connectivity index (χ0) is 9.56. The van der Waals surface area contributed by atoms with Gasteiger partial charge in [0.25, 0.3) is 0 Å². The molecule has 70 valence electrons. The van der Waals surface area contributed by atoms with Crippen LogP contribution in [0.2, 0.25) is 6.32 Å². The molecule has 1 atom stereocenters. The molecule has 0 saturated carbocycles. The maximum absolute atomic E-state index is 5.50. The van der Waals surface area contributed by atoms with E-state index in [4.69, 9.17) is 17.3 Å². The lowest BCUT2D eigenvalue weighted by molar-refractivity contribution is -0.0491. The van der Waals surface area contributed by atoms with Gasteiger partial charge >= 0.3 is 0 Å². The maximum Gasteiger partial charge on any atom is 0.0735 e. The molecule has 3 heteroatoms. The Morgan fingerprint density at radius 1 is 1.08 bits per heavy atom. The van der Waals surface area contributed by atoms with E-state index in [1.54, 1.807) is 0 Å². The third kappa shape index (κ3) is 6.68. The lowest BCUT2D eigenvalue weighted by atomic mass is 10.00. The van der Waals surface area contributed by atoms with E-state index >= 15 is 0 Å². The molecule has 0 amide bonds. The average Bonchev–Trinajstić information content (AvgIpc) is 1.97. The van der Waals surface area contributed by atoms with Crippen molar-refractivity contribution in [3.8, 4) is 0 Å². The molecule has 0 saturated heterocycles. The lowest BCUT2D eigenvalue weighted by Gasteiger charge is -2.20. The van der Waals surface area contributed by atoms with Crippen molar-refractivity contribution in [3.05, 3.63) is 0 Å². The third-order valence-corrected chi connectivity index (χ3v) is 1.34. The van der Waals surface area contributed by atoms with Crippen molar-refractivity contribution in [3.63, 3.8) is 0 Å². The highest BCUT2D eigenvalue weighted by atomic mass is 16.5. The molecule has 0 aromatic heterocycles. The molecule has 12 heavy (non-hydrogen) atoms. The van der Waals surface area contributed by atoms with Gasteiger partial charge in [-0.15, -0.1) is 0 Å². The van der Waals surface area contributed by atoms with Gasteiger partial charge in [0.2, 0.25) is 0 Å². The highest BCUT2D eigenvalue weighted by molar-refractivity contribution is 6.08. The predicted molar refractivity (Wildman–Crippen MR) is 51.7 cm³/mol. The fraction of sp³-hybridized carbons (Fsp3) is 1.00. The molecule has 0 aromatic carbocycles. The second-order valence-electron chi connectivity index (χ2n) is 3.42. The second-order valence-corrected chi connectivity index (χ2v) is 3.42. The van der Waals surface area contributed by atoms with Crippen LogP contribution in [0.15, 0.2) is 0 Å². The van der Waals surface area contributed by atoms with Gasteiger partial charge < -0.3 is 9.47 Å². The summed E-state index contributed by atoms with van der Waals surface area (Å²) in [5, 5.41) is 0. The van der Waals surface area contributed by atoms with E-state index < -0.39 is 0 Å². The number of hydrogen-bond acceptors (Lipinski definition) is 2. The summed E-state index contributed by atoms with van der Waals surface area (Å²) in [4.78, 5) is 0. The Morgan fingerprint density at radius 2 is 1.67 bits per heavy atom. The highest BCUT2D eigenvalue weighted by Crippen LogP contribution is 2.03. The molecular formula is C9H19BO2. The Morgan fingerprint density at radius 3 is 2.00 bits per heavy atom. The van der Waals surface area contributed by atoms with Gasteiger partial charge in [-0.2, -0.15) is 0 Å². The van der Waals surface area contributed by atoms with Gasteiger partial charge in [-0.3, -0.25) is 0 Å². The predicted octanol–water partition coefficient (Wildman–Crippen LogP) is 1.79. The van der Waals surface area contributed by atoms with Gasteiger partial charge in [0.05, 0.1) is 32.8 Å². The molecule has 0 N–H and O–H groups in total. The molecule has 0 spiro atoms. The molecule has 2 nitrogen and oxygen atoms in total. The van der Waals surface area contributed by atoms with E-state index in [2.05, 4.69) is 0 Å². The number of hydrogen-bond donors (Lipinski definition) is 0. The van der Waals surface area contributed by atoms with E-state index in [1.807, 2.05) is 27.7 Å². The molecular weight excluding hydrogens is 151 g/mol. The fourth-order valence-electron chi connectivity index (χ4n) is 0.848. The molecule has 0 aromatic rings. The molecule has 0 aliphatic heterocycles. The van der Waals surface area contributed by atoms with E-state index in [1.165, 1.54) is 0 Å². The first-order chi connectivity index (χ1) is 5.56. The van der Waals surface area contributed by atoms with Crippen LogP contribution in [-0.2, 0) is 9.47 Å². The SMILES string of the molecule is [B]CC(COC(C)C)OC(C)C. The zero-order valence-electron chi connectivity index (χ0n) is 8.54. The van der Waals surface area contributed by atoms with Crippen LogP contribution < -0.4 is 0 Å². The first-order valence-electron chi connectivity index (χ1n) is 4.53. The van der Waals surface area contributed by atoms with Gasteiger partial charge in [0.1, 0.15) is 0 Å². The summed E-state index contributed by atoms with van der Waals surface area (Å²) < 4.78 is 10.9. The van der Waals surface area contributed by atoms with Crippen LogP contribution in [-0.4, -0.2) is 32.8 Å². The van der Waals surface area contributed by atoms with Crippen LogP contribution >= 0.6 is 0 Å². The maximum atomic E-state index is 5.50. The average molecular weight is 170 g/mol. The van der Waals surface area contributed by atoms with E-state index in [-0.39, 0.29) is 18.3 Å². The van der Waals surface area contributed by atoms with Crippen molar-refractivity contribution in [1.82, 2.24) is 0 Å². The molecule has 0 rings (SSSR count). The summed E-state index contributed by atoms with van der Waals surface area (Å²) in [6.07, 6.45) is 1.02. The third-order valence-electron chi connectivity index (χ3n) is 1.34. The van der Waals surface area contributed by atoms with Crippen molar-refractivity contribution in [2.24, 2.45) is 0 Å². The Bertz CT molecular complexity index is 105. The van der Waals surface area contributed by atoms with Gasteiger partial charge in [-0.25, -0.2) is 0 Å². The standard InChI is InChI=1S/C9H19BO2/c1-7(2)11-6-9(5-10)12-8(3)4/h7-9H,5-6H2,1-4H3. The number of rotatable bonds is 6. The smallest absolute Gasteiger partial charge is 0.0735 e. The van der Waals surface area contributed by atoms with Crippen LogP contribution in [0.25, 0.3) is 0 Å². The normalized spacial score (nSPS) is 14.2. The first-order valence-corrected chi connectivity index (χ1v) is 4.53. The Balaban J connectivity index is 3.53. The Labute approximate surface area is 77.0 Å². The van der Waals surface area contributed by atoms with Crippen molar-refractivity contribution in [2.75, 3.05) is 6.61 Å². The molecule has 1 unspecified atom stereocenters. The summed E-state index contributed by atoms with van der Waals surface area (Å²) in [6.45, 7) is 8.59. The van der Waals surface area contributed by atoms with Crippen LogP contribution in [0.3, 0.4) is 0 Å². The van der Waals surface area contributed by atoms with E-state index in [0.29, 0.717) is 12.9 Å². The largest absolute Gasteiger partial charge is 0.376 e. The summed E-state index contributed by atoms with van der Waals surface area (Å²) >= 11 is 0. The molecule has 0 aliphatic carbocycles. The monoisotopic (exact) mass is 170 g/mol. The Hall–Kier alpha value is -0.0151. The molecule has 0 fully saturated rings. The van der Waals surface area contributed by atoms with Gasteiger partial charge in [0, 0.05) is 0 Å². The van der Waals surface area contributed by atoms with Crippen LogP contribution in [0.5, 0.6) is 0 Å². The molecule has 0 heterocycles. The first kappa shape index (κ1) is 12.0. The van der Waals surface area contributed by atoms with E-state index in [9.17, 15) is 0 Å². The topological polar surface area (TPSA) is 18.5 Å². The lowest BCUT2D eigenvalue weighted by Crippen LogP contribution is -2.24. The van der Waals surface area contributed by atoms with Crippen molar-refractivity contribution in [1.29, 1.82) is 0 Å². The van der Waals surface area contributed by atoms with E-state index in [0.717, 1.165) is 0 Å². The summed E-state index contributed by atoms with van der Waals surface area (Å²) in [5.41, 5.74) is 0. The van der Waals surface area contributed by atoms with Gasteiger partial charge in [-0.1, -0.05) is 6.32 Å². The zero-order valence-corrected chi connectivity index (χ0v) is 8.54. The minimum Gasteiger partial charge on any atom is -0.376 e. The molecule has 0 bridgehead atoms. The molecule has 0 aliphatic rings. The Kier molecular flexibility index (Phi) is 6.49. The summed E-state index contributed by atoms with van der Waals surface area (Å²) in [7, 11) is 5.50. The van der Waals surface area contributed by atoms with Crippen LogP contribution in [0.1, 0.15) is 27.7 Å². The summed E-state index contributed by atoms with van der Waals surface area (Å²) in [5.74, 6) is 0. The van der Waals surface area contributed by atoms with Crippen LogP contribution in [0, 0.1) is 0 Å². The molecule has 2 radical (unpaired) electrons. The van der Waals surface area contributed by atoms with Gasteiger partial charge in [-0.05, 0) is 27.7 Å². The highest BCUT2D eigenvalue weighted by Gasteiger charge is 2.08. The number of ether oxygens (including phenoxy) is 2. The van der Waals surface area contributed by atoms with Crippen molar-refractivity contribution < 1.29 is 9.47 Å². The van der Waals surface area contributed by atoms with Crippen molar-refractivity contribution >= 4 is 7.85 Å². The van der Waals surface area contributed by atoms with Crippen LogP contribution in [0.4, 0.5) is 0 Å². The second kappa shape index (κ2) is 6.50.